The monoisotopic (exact) mass is 481 g/mol. The zero-order valence-electron chi connectivity index (χ0n) is 16.6. The van der Waals surface area contributed by atoms with Crippen LogP contribution in [0.2, 0.25) is 0 Å². The second kappa shape index (κ2) is 10.1. The maximum Gasteiger partial charge on any atom is 0.191 e. The molecule has 1 aliphatic heterocycles. The molecule has 2 aromatic rings. The number of halogens is 1. The van der Waals surface area contributed by atoms with Crippen LogP contribution in [0.1, 0.15) is 25.0 Å². The lowest BCUT2D eigenvalue weighted by Crippen LogP contribution is -2.54. The summed E-state index contributed by atoms with van der Waals surface area (Å²) in [6.45, 7) is 9.38. The topological polar surface area (TPSA) is 44.6 Å². The van der Waals surface area contributed by atoms with Crippen molar-refractivity contribution in [2.45, 2.75) is 38.9 Å². The average molecular weight is 481 g/mol. The molecule has 1 aromatic carbocycles. The van der Waals surface area contributed by atoms with Crippen LogP contribution < -0.4 is 10.6 Å². The largest absolute Gasteiger partial charge is 0.355 e. The van der Waals surface area contributed by atoms with Gasteiger partial charge in [0.05, 0.1) is 0 Å². The van der Waals surface area contributed by atoms with Crippen molar-refractivity contribution in [2.24, 2.45) is 4.99 Å². The second-order valence-corrected chi connectivity index (χ2v) is 7.53. The first-order valence-electron chi connectivity index (χ1n) is 9.45. The van der Waals surface area contributed by atoms with Crippen LogP contribution >= 0.6 is 24.0 Å². The van der Waals surface area contributed by atoms with Gasteiger partial charge in [0.25, 0.3) is 0 Å². The Kier molecular flexibility index (Phi) is 8.16. The second-order valence-electron chi connectivity index (χ2n) is 7.53. The predicted octanol–water partition coefficient (Wildman–Crippen LogP) is 3.11. The summed E-state index contributed by atoms with van der Waals surface area (Å²) >= 11 is 0. The minimum atomic E-state index is 0. The van der Waals surface area contributed by atoms with E-state index in [-0.39, 0.29) is 29.5 Å². The SMILES string of the molecule is CN=C(NCCn1cccc1)NCC(C)(C)N1CCc2ccccc2C1.I. The summed E-state index contributed by atoms with van der Waals surface area (Å²) in [4.78, 5) is 6.92. The van der Waals surface area contributed by atoms with E-state index < -0.39 is 0 Å². The smallest absolute Gasteiger partial charge is 0.191 e. The number of aliphatic imine (C=N–C) groups is 1. The van der Waals surface area contributed by atoms with Crippen LogP contribution in [-0.4, -0.2) is 47.6 Å². The van der Waals surface area contributed by atoms with Crippen molar-refractivity contribution in [3.05, 3.63) is 59.9 Å². The molecule has 6 heteroatoms. The highest BCUT2D eigenvalue weighted by Crippen LogP contribution is 2.24. The Balaban J connectivity index is 0.00000261. The molecular formula is C21H32IN5. The van der Waals surface area contributed by atoms with Crippen LogP contribution in [0.5, 0.6) is 0 Å². The molecule has 1 aliphatic rings. The van der Waals surface area contributed by atoms with E-state index in [9.17, 15) is 0 Å². The molecule has 27 heavy (non-hydrogen) atoms. The summed E-state index contributed by atoms with van der Waals surface area (Å²) < 4.78 is 2.16. The van der Waals surface area contributed by atoms with Gasteiger partial charge in [-0.1, -0.05) is 24.3 Å². The van der Waals surface area contributed by atoms with Crippen molar-refractivity contribution < 1.29 is 0 Å². The highest BCUT2D eigenvalue weighted by Gasteiger charge is 2.29. The summed E-state index contributed by atoms with van der Waals surface area (Å²) in [6, 6.07) is 12.9. The van der Waals surface area contributed by atoms with E-state index in [0.29, 0.717) is 0 Å². The summed E-state index contributed by atoms with van der Waals surface area (Å²) in [5.41, 5.74) is 3.02. The van der Waals surface area contributed by atoms with Gasteiger partial charge in [-0.15, -0.1) is 24.0 Å². The van der Waals surface area contributed by atoms with E-state index >= 15 is 0 Å². The Morgan fingerprint density at radius 1 is 1.07 bits per heavy atom. The lowest BCUT2D eigenvalue weighted by atomic mass is 9.94. The van der Waals surface area contributed by atoms with E-state index in [2.05, 4.69) is 75.6 Å². The van der Waals surface area contributed by atoms with Gasteiger partial charge in [-0.2, -0.15) is 0 Å². The molecule has 0 spiro atoms. The van der Waals surface area contributed by atoms with Crippen LogP contribution in [0.3, 0.4) is 0 Å². The molecule has 1 aromatic heterocycles. The van der Waals surface area contributed by atoms with Gasteiger partial charge >= 0.3 is 0 Å². The zero-order chi connectivity index (χ0) is 18.4. The molecule has 0 unspecified atom stereocenters. The zero-order valence-corrected chi connectivity index (χ0v) is 18.9. The molecule has 2 N–H and O–H groups in total. The number of nitrogens with zero attached hydrogens (tertiary/aromatic N) is 3. The minimum Gasteiger partial charge on any atom is -0.355 e. The first kappa shape index (κ1) is 21.8. The summed E-state index contributed by atoms with van der Waals surface area (Å²) in [5.74, 6) is 0.864. The molecular weight excluding hydrogens is 449 g/mol. The number of hydrogen-bond donors (Lipinski definition) is 2. The fourth-order valence-corrected chi connectivity index (χ4v) is 3.47. The van der Waals surface area contributed by atoms with E-state index in [1.165, 1.54) is 11.1 Å². The van der Waals surface area contributed by atoms with Crippen LogP contribution in [0, 0.1) is 0 Å². The quantitative estimate of drug-likeness (QED) is 0.379. The predicted molar refractivity (Wildman–Crippen MR) is 124 cm³/mol. The number of hydrogen-bond acceptors (Lipinski definition) is 2. The first-order chi connectivity index (χ1) is 12.6. The van der Waals surface area contributed by atoms with Crippen molar-refractivity contribution in [1.29, 1.82) is 0 Å². The van der Waals surface area contributed by atoms with Crippen LogP contribution in [0.15, 0.2) is 53.8 Å². The fourth-order valence-electron chi connectivity index (χ4n) is 3.47. The molecule has 3 rings (SSSR count). The minimum absolute atomic E-state index is 0. The van der Waals surface area contributed by atoms with Crippen LogP contribution in [0.25, 0.3) is 0 Å². The Morgan fingerprint density at radius 3 is 2.48 bits per heavy atom. The highest BCUT2D eigenvalue weighted by atomic mass is 127. The number of rotatable bonds is 6. The molecule has 0 radical (unpaired) electrons. The van der Waals surface area contributed by atoms with Gasteiger partial charge in [0.1, 0.15) is 0 Å². The van der Waals surface area contributed by atoms with Crippen molar-refractivity contribution >= 4 is 29.9 Å². The van der Waals surface area contributed by atoms with E-state index in [4.69, 9.17) is 0 Å². The molecule has 0 atom stereocenters. The average Bonchev–Trinajstić information content (AvgIpc) is 3.17. The fraction of sp³-hybridized carbons (Fsp3) is 0.476. The maximum atomic E-state index is 4.36. The number of fused-ring (bicyclic) bond motifs is 1. The molecule has 0 fully saturated rings. The van der Waals surface area contributed by atoms with Gasteiger partial charge in [0, 0.05) is 57.7 Å². The number of aromatic nitrogens is 1. The summed E-state index contributed by atoms with van der Waals surface area (Å²) in [5, 5.41) is 6.90. The standard InChI is InChI=1S/C21H31N5.HI/c1-21(2,26-14-10-18-8-4-5-9-19(18)16-26)17-24-20(22-3)23-11-15-25-12-6-7-13-25;/h4-9,12-13H,10-11,14-17H2,1-3H3,(H2,22,23,24);1H. The van der Waals surface area contributed by atoms with Gasteiger partial charge in [-0.05, 0) is 43.5 Å². The van der Waals surface area contributed by atoms with Crippen molar-refractivity contribution in [1.82, 2.24) is 20.1 Å². The van der Waals surface area contributed by atoms with Gasteiger partial charge in [-0.25, -0.2) is 0 Å². The number of benzene rings is 1. The van der Waals surface area contributed by atoms with E-state index in [0.717, 1.165) is 45.1 Å². The van der Waals surface area contributed by atoms with Gasteiger partial charge < -0.3 is 15.2 Å². The molecule has 0 amide bonds. The molecule has 0 bridgehead atoms. The third kappa shape index (κ3) is 5.97. The number of guanidine groups is 1. The van der Waals surface area contributed by atoms with E-state index in [1.807, 2.05) is 19.2 Å². The first-order valence-corrected chi connectivity index (χ1v) is 9.45. The van der Waals surface area contributed by atoms with Crippen molar-refractivity contribution in [3.63, 3.8) is 0 Å². The lowest BCUT2D eigenvalue weighted by Gasteiger charge is -2.42. The molecule has 2 heterocycles. The van der Waals surface area contributed by atoms with E-state index in [1.54, 1.807) is 0 Å². The van der Waals surface area contributed by atoms with Crippen LogP contribution in [-0.2, 0) is 19.5 Å². The highest BCUT2D eigenvalue weighted by molar-refractivity contribution is 14.0. The van der Waals surface area contributed by atoms with Gasteiger partial charge in [0.15, 0.2) is 5.96 Å². The normalized spacial score (nSPS) is 15.0. The Morgan fingerprint density at radius 2 is 1.78 bits per heavy atom. The van der Waals surface area contributed by atoms with Gasteiger partial charge in [-0.3, -0.25) is 9.89 Å². The number of nitrogens with one attached hydrogen (secondary N) is 2. The molecule has 0 saturated heterocycles. The molecule has 0 aliphatic carbocycles. The Hall–Kier alpha value is -1.54. The Labute approximate surface area is 180 Å². The lowest BCUT2D eigenvalue weighted by molar-refractivity contribution is 0.107. The van der Waals surface area contributed by atoms with Crippen molar-refractivity contribution in [3.8, 4) is 0 Å². The van der Waals surface area contributed by atoms with Crippen molar-refractivity contribution in [2.75, 3.05) is 26.7 Å². The summed E-state index contributed by atoms with van der Waals surface area (Å²) in [6.07, 6.45) is 5.29. The molecule has 5 nitrogen and oxygen atoms in total. The van der Waals surface area contributed by atoms with Gasteiger partial charge in [0.2, 0.25) is 0 Å². The summed E-state index contributed by atoms with van der Waals surface area (Å²) in [7, 11) is 1.83. The third-order valence-corrected chi connectivity index (χ3v) is 5.23. The third-order valence-electron chi connectivity index (χ3n) is 5.23. The molecule has 0 saturated carbocycles. The molecule has 148 valence electrons. The maximum absolute atomic E-state index is 4.36. The van der Waals surface area contributed by atoms with Crippen LogP contribution in [0.4, 0.5) is 0 Å². The Bertz CT molecular complexity index is 724.